The summed E-state index contributed by atoms with van der Waals surface area (Å²) in [5, 5.41) is 8.99. The van der Waals surface area contributed by atoms with Gasteiger partial charge in [-0.1, -0.05) is 12.2 Å². The first kappa shape index (κ1) is 9.95. The van der Waals surface area contributed by atoms with Crippen LogP contribution in [0.15, 0.2) is 18.2 Å². The van der Waals surface area contributed by atoms with Gasteiger partial charge in [-0.15, -0.1) is 0 Å². The Morgan fingerprint density at radius 2 is 2.31 bits per heavy atom. The fourth-order valence-electron chi connectivity index (χ4n) is 1.06. The molecule has 0 aromatic heterocycles. The molecule has 0 saturated carbocycles. The van der Waals surface area contributed by atoms with Crippen LogP contribution in [0.4, 0.5) is 0 Å². The van der Waals surface area contributed by atoms with E-state index < -0.39 is 0 Å². The van der Waals surface area contributed by atoms with Gasteiger partial charge in [-0.25, -0.2) is 0 Å². The number of thiocarbonyl (C=S) groups is 1. The van der Waals surface area contributed by atoms with Crippen LogP contribution in [0.5, 0.6) is 5.75 Å². The third-order valence-corrected chi connectivity index (χ3v) is 1.97. The van der Waals surface area contributed by atoms with Crippen LogP contribution < -0.4 is 10.5 Å². The zero-order valence-electron chi connectivity index (χ0n) is 7.28. The summed E-state index contributed by atoms with van der Waals surface area (Å²) in [5.41, 5.74) is 6.86. The van der Waals surface area contributed by atoms with E-state index in [0.717, 1.165) is 5.56 Å². The van der Waals surface area contributed by atoms with Crippen molar-refractivity contribution in [3.05, 3.63) is 29.3 Å². The minimum Gasteiger partial charge on any atom is -0.496 e. The van der Waals surface area contributed by atoms with Crippen LogP contribution in [0.3, 0.4) is 0 Å². The number of aliphatic hydroxyl groups is 1. The number of rotatable bonds is 3. The van der Waals surface area contributed by atoms with E-state index in [2.05, 4.69) is 0 Å². The molecule has 0 radical (unpaired) electrons. The molecule has 70 valence electrons. The third kappa shape index (κ3) is 2.17. The lowest BCUT2D eigenvalue weighted by molar-refractivity contribution is 0.274. The SMILES string of the molecule is COc1ccc(C(N)=S)cc1CO. The van der Waals surface area contributed by atoms with Crippen molar-refractivity contribution in [1.29, 1.82) is 0 Å². The molecule has 0 heterocycles. The van der Waals surface area contributed by atoms with Crippen LogP contribution in [0, 0.1) is 0 Å². The quantitative estimate of drug-likeness (QED) is 0.704. The summed E-state index contributed by atoms with van der Waals surface area (Å²) in [6, 6.07) is 5.22. The van der Waals surface area contributed by atoms with E-state index >= 15 is 0 Å². The molecule has 1 aromatic carbocycles. The maximum Gasteiger partial charge on any atom is 0.124 e. The van der Waals surface area contributed by atoms with E-state index in [1.54, 1.807) is 25.3 Å². The molecule has 0 bridgehead atoms. The van der Waals surface area contributed by atoms with Crippen LogP contribution in [0.25, 0.3) is 0 Å². The molecule has 13 heavy (non-hydrogen) atoms. The Kier molecular flexibility index (Phi) is 3.22. The fraction of sp³-hybridized carbons (Fsp3) is 0.222. The van der Waals surface area contributed by atoms with Gasteiger partial charge in [0.2, 0.25) is 0 Å². The minimum absolute atomic E-state index is 0.0837. The second-order valence-corrected chi connectivity index (χ2v) is 2.99. The highest BCUT2D eigenvalue weighted by Gasteiger charge is 2.04. The van der Waals surface area contributed by atoms with Gasteiger partial charge in [-0.3, -0.25) is 0 Å². The first-order chi connectivity index (χ1) is 6.19. The smallest absolute Gasteiger partial charge is 0.124 e. The van der Waals surface area contributed by atoms with E-state index in [4.69, 9.17) is 27.8 Å². The van der Waals surface area contributed by atoms with Crippen molar-refractivity contribution in [1.82, 2.24) is 0 Å². The molecule has 3 nitrogen and oxygen atoms in total. The van der Waals surface area contributed by atoms with Crippen molar-refractivity contribution < 1.29 is 9.84 Å². The highest BCUT2D eigenvalue weighted by atomic mass is 32.1. The average Bonchev–Trinajstić information content (AvgIpc) is 2.16. The number of hydrogen-bond acceptors (Lipinski definition) is 3. The van der Waals surface area contributed by atoms with Gasteiger partial charge >= 0.3 is 0 Å². The van der Waals surface area contributed by atoms with E-state index in [1.165, 1.54) is 0 Å². The summed E-state index contributed by atoms with van der Waals surface area (Å²) < 4.78 is 5.03. The number of benzene rings is 1. The molecule has 0 unspecified atom stereocenters. The molecule has 3 N–H and O–H groups in total. The van der Waals surface area contributed by atoms with Gasteiger partial charge in [0.05, 0.1) is 13.7 Å². The first-order valence-corrected chi connectivity index (χ1v) is 4.17. The van der Waals surface area contributed by atoms with Crippen LogP contribution in [-0.4, -0.2) is 17.2 Å². The fourth-order valence-corrected chi connectivity index (χ4v) is 1.18. The van der Waals surface area contributed by atoms with Crippen molar-refractivity contribution in [2.45, 2.75) is 6.61 Å². The third-order valence-electron chi connectivity index (χ3n) is 1.74. The van der Waals surface area contributed by atoms with E-state index in [1.807, 2.05) is 0 Å². The Balaban J connectivity index is 3.13. The molecular formula is C9H11NO2S. The predicted octanol–water partition coefficient (Wildman–Crippen LogP) is 0.822. The van der Waals surface area contributed by atoms with Gasteiger partial charge in [0.1, 0.15) is 10.7 Å². The van der Waals surface area contributed by atoms with Gasteiger partial charge in [0, 0.05) is 11.1 Å². The molecular weight excluding hydrogens is 186 g/mol. The summed E-state index contributed by atoms with van der Waals surface area (Å²) in [6.45, 7) is -0.0837. The Hall–Kier alpha value is -1.13. The van der Waals surface area contributed by atoms with Crippen molar-refractivity contribution in [2.75, 3.05) is 7.11 Å². The second kappa shape index (κ2) is 4.20. The van der Waals surface area contributed by atoms with Gasteiger partial charge in [-0.2, -0.15) is 0 Å². The number of nitrogens with two attached hydrogens (primary N) is 1. The standard InChI is InChI=1S/C9H11NO2S/c1-12-8-3-2-6(9(10)13)4-7(8)5-11/h2-4,11H,5H2,1H3,(H2,10,13). The van der Waals surface area contributed by atoms with Crippen molar-refractivity contribution in [2.24, 2.45) is 5.73 Å². The van der Waals surface area contributed by atoms with Crippen molar-refractivity contribution in [3.8, 4) is 5.75 Å². The largest absolute Gasteiger partial charge is 0.496 e. The summed E-state index contributed by atoms with van der Waals surface area (Å²) in [5.74, 6) is 0.641. The summed E-state index contributed by atoms with van der Waals surface area (Å²) in [4.78, 5) is 0.317. The zero-order valence-corrected chi connectivity index (χ0v) is 8.10. The van der Waals surface area contributed by atoms with Gasteiger partial charge in [-0.05, 0) is 18.2 Å². The van der Waals surface area contributed by atoms with Crippen molar-refractivity contribution >= 4 is 17.2 Å². The molecule has 0 aliphatic rings. The molecule has 0 fully saturated rings. The van der Waals surface area contributed by atoms with E-state index in [-0.39, 0.29) is 6.61 Å². The van der Waals surface area contributed by atoms with Crippen LogP contribution in [-0.2, 0) is 6.61 Å². The normalized spacial score (nSPS) is 9.69. The summed E-state index contributed by atoms with van der Waals surface area (Å²) >= 11 is 4.80. The topological polar surface area (TPSA) is 55.5 Å². The summed E-state index contributed by atoms with van der Waals surface area (Å²) in [7, 11) is 1.55. The lowest BCUT2D eigenvalue weighted by atomic mass is 10.1. The molecule has 0 spiro atoms. The molecule has 1 rings (SSSR count). The molecule has 0 aliphatic heterocycles. The average molecular weight is 197 g/mol. The summed E-state index contributed by atoms with van der Waals surface area (Å²) in [6.07, 6.45) is 0. The highest BCUT2D eigenvalue weighted by Crippen LogP contribution is 2.19. The number of aliphatic hydroxyl groups excluding tert-OH is 1. The van der Waals surface area contributed by atoms with Gasteiger partial charge in [0.25, 0.3) is 0 Å². The van der Waals surface area contributed by atoms with E-state index in [0.29, 0.717) is 16.3 Å². The lowest BCUT2D eigenvalue weighted by Gasteiger charge is -2.07. The van der Waals surface area contributed by atoms with Crippen molar-refractivity contribution in [3.63, 3.8) is 0 Å². The Bertz CT molecular complexity index is 325. The highest BCUT2D eigenvalue weighted by molar-refractivity contribution is 7.80. The van der Waals surface area contributed by atoms with E-state index in [9.17, 15) is 0 Å². The molecule has 0 saturated heterocycles. The predicted molar refractivity (Wildman–Crippen MR) is 54.8 cm³/mol. The minimum atomic E-state index is -0.0837. The molecule has 4 heteroatoms. The number of ether oxygens (including phenoxy) is 1. The van der Waals surface area contributed by atoms with Crippen LogP contribution >= 0.6 is 12.2 Å². The molecule has 0 aliphatic carbocycles. The molecule has 1 aromatic rings. The maximum absolute atomic E-state index is 8.99. The monoisotopic (exact) mass is 197 g/mol. The lowest BCUT2D eigenvalue weighted by Crippen LogP contribution is -2.09. The number of methoxy groups -OCH3 is 1. The zero-order chi connectivity index (χ0) is 9.84. The molecule has 0 amide bonds. The van der Waals surface area contributed by atoms with Crippen LogP contribution in [0.2, 0.25) is 0 Å². The Morgan fingerprint density at radius 1 is 1.62 bits per heavy atom. The Morgan fingerprint density at radius 3 is 2.77 bits per heavy atom. The van der Waals surface area contributed by atoms with Gasteiger partial charge < -0.3 is 15.6 Å². The number of hydrogen-bond donors (Lipinski definition) is 2. The Labute approximate surface area is 82.1 Å². The molecule has 0 atom stereocenters. The second-order valence-electron chi connectivity index (χ2n) is 2.55. The maximum atomic E-state index is 8.99. The first-order valence-electron chi connectivity index (χ1n) is 3.76. The van der Waals surface area contributed by atoms with Gasteiger partial charge in [0.15, 0.2) is 0 Å². The van der Waals surface area contributed by atoms with Crippen LogP contribution in [0.1, 0.15) is 11.1 Å².